The number of hydrogen-bond donors (Lipinski definition) is 1. The minimum absolute atomic E-state index is 0.787. The molecule has 0 spiro atoms. The highest BCUT2D eigenvalue weighted by Crippen LogP contribution is 2.46. The molecule has 2 N–H and O–H groups in total. The van der Waals surface area contributed by atoms with Gasteiger partial charge >= 0.3 is 0 Å². The maximum Gasteiger partial charge on any atom is -0.00405 e. The van der Waals surface area contributed by atoms with Crippen LogP contribution in [0.4, 0.5) is 0 Å². The van der Waals surface area contributed by atoms with Crippen LogP contribution in [-0.4, -0.2) is 6.54 Å². The summed E-state index contributed by atoms with van der Waals surface area (Å²) >= 11 is 0. The highest BCUT2D eigenvalue weighted by molar-refractivity contribution is 5.12. The zero-order valence-electron chi connectivity index (χ0n) is 6.46. The van der Waals surface area contributed by atoms with Crippen molar-refractivity contribution in [3.8, 4) is 0 Å². The second kappa shape index (κ2) is 2.09. The van der Waals surface area contributed by atoms with Crippen LogP contribution in [-0.2, 0) is 0 Å². The van der Waals surface area contributed by atoms with Gasteiger partial charge in [-0.2, -0.15) is 0 Å². The predicted octanol–water partition coefficient (Wildman–Crippen LogP) is 1.40. The molecule has 0 radical (unpaired) electrons. The fourth-order valence-electron chi connectivity index (χ4n) is 2.56. The van der Waals surface area contributed by atoms with Gasteiger partial charge in [-0.1, -0.05) is 19.1 Å². The third-order valence-electron chi connectivity index (χ3n) is 3.32. The van der Waals surface area contributed by atoms with Crippen molar-refractivity contribution in [3.05, 3.63) is 12.2 Å². The first kappa shape index (κ1) is 6.41. The summed E-state index contributed by atoms with van der Waals surface area (Å²) in [6.45, 7) is 3.22. The molecule has 0 aromatic rings. The highest BCUT2D eigenvalue weighted by atomic mass is 14.6. The molecular weight excluding hydrogens is 122 g/mol. The van der Waals surface area contributed by atoms with Crippen LogP contribution in [0.2, 0.25) is 0 Å². The minimum atomic E-state index is 0.787. The zero-order chi connectivity index (χ0) is 7.14. The molecule has 0 unspecified atom stereocenters. The van der Waals surface area contributed by atoms with E-state index >= 15 is 0 Å². The van der Waals surface area contributed by atoms with E-state index in [2.05, 4.69) is 19.1 Å². The third-order valence-corrected chi connectivity index (χ3v) is 3.32. The quantitative estimate of drug-likeness (QED) is 0.543. The topological polar surface area (TPSA) is 26.0 Å². The van der Waals surface area contributed by atoms with Crippen LogP contribution in [0.25, 0.3) is 0 Å². The van der Waals surface area contributed by atoms with Crippen molar-refractivity contribution in [2.24, 2.45) is 29.4 Å². The van der Waals surface area contributed by atoms with E-state index in [1.54, 1.807) is 0 Å². The van der Waals surface area contributed by atoms with Crippen molar-refractivity contribution >= 4 is 0 Å². The third kappa shape index (κ3) is 0.671. The lowest BCUT2D eigenvalue weighted by Crippen LogP contribution is -2.24. The van der Waals surface area contributed by atoms with E-state index in [0.717, 1.165) is 30.2 Å². The van der Waals surface area contributed by atoms with Gasteiger partial charge in [0.05, 0.1) is 0 Å². The van der Waals surface area contributed by atoms with Gasteiger partial charge in [-0.3, -0.25) is 0 Å². The summed E-state index contributed by atoms with van der Waals surface area (Å²) in [4.78, 5) is 0. The van der Waals surface area contributed by atoms with E-state index < -0.39 is 0 Å². The average Bonchev–Trinajstić information content (AvgIpc) is 2.46. The highest BCUT2D eigenvalue weighted by Gasteiger charge is 2.40. The number of allylic oxidation sites excluding steroid dienone is 2. The molecule has 2 aliphatic rings. The van der Waals surface area contributed by atoms with Crippen molar-refractivity contribution in [3.63, 3.8) is 0 Å². The standard InChI is InChI=1S/C9H15N/c1-6-7-2-3-8(4-7)9(6)5-10/h2-3,6-9H,4-5,10H2,1H3/t6-,7-,8+,9+/m1/s1. The maximum absolute atomic E-state index is 5.68. The molecule has 2 rings (SSSR count). The lowest BCUT2D eigenvalue weighted by atomic mass is 9.85. The Morgan fingerprint density at radius 3 is 2.50 bits per heavy atom. The molecule has 1 nitrogen and oxygen atoms in total. The Kier molecular flexibility index (Phi) is 1.34. The van der Waals surface area contributed by atoms with Gasteiger partial charge < -0.3 is 5.73 Å². The van der Waals surface area contributed by atoms with Crippen molar-refractivity contribution < 1.29 is 0 Å². The molecule has 0 saturated heterocycles. The first-order chi connectivity index (χ1) is 4.83. The van der Waals surface area contributed by atoms with Crippen molar-refractivity contribution in [1.82, 2.24) is 0 Å². The molecule has 56 valence electrons. The number of hydrogen-bond acceptors (Lipinski definition) is 1. The van der Waals surface area contributed by atoms with Gasteiger partial charge in [0.15, 0.2) is 0 Å². The molecule has 10 heavy (non-hydrogen) atoms. The summed E-state index contributed by atoms with van der Waals surface area (Å²) in [6, 6.07) is 0. The molecule has 1 fully saturated rings. The Morgan fingerprint density at radius 1 is 1.40 bits per heavy atom. The molecule has 4 atom stereocenters. The van der Waals surface area contributed by atoms with Crippen LogP contribution < -0.4 is 5.73 Å². The number of rotatable bonds is 1. The fourth-order valence-corrected chi connectivity index (χ4v) is 2.56. The van der Waals surface area contributed by atoms with Crippen LogP contribution >= 0.6 is 0 Å². The van der Waals surface area contributed by atoms with E-state index in [-0.39, 0.29) is 0 Å². The SMILES string of the molecule is C[C@H]1[C@H](CN)[C@H]2C=C[C@@H]1C2. The lowest BCUT2D eigenvalue weighted by Gasteiger charge is -2.22. The molecular formula is C9H15N. The average molecular weight is 137 g/mol. The van der Waals surface area contributed by atoms with E-state index in [1.165, 1.54) is 6.42 Å². The Bertz CT molecular complexity index is 162. The lowest BCUT2D eigenvalue weighted by molar-refractivity contribution is 0.344. The molecule has 0 aliphatic heterocycles. The Hall–Kier alpha value is -0.300. The maximum atomic E-state index is 5.68. The van der Waals surface area contributed by atoms with Crippen LogP contribution in [0, 0.1) is 23.7 Å². The Labute approximate surface area is 62.3 Å². The van der Waals surface area contributed by atoms with Gasteiger partial charge in [-0.15, -0.1) is 0 Å². The largest absolute Gasteiger partial charge is 0.330 e. The molecule has 2 aliphatic carbocycles. The first-order valence-electron chi connectivity index (χ1n) is 4.21. The van der Waals surface area contributed by atoms with Gasteiger partial charge in [-0.25, -0.2) is 0 Å². The van der Waals surface area contributed by atoms with Gasteiger partial charge in [0.1, 0.15) is 0 Å². The van der Waals surface area contributed by atoms with Gasteiger partial charge in [0, 0.05) is 0 Å². The second-order valence-electron chi connectivity index (χ2n) is 3.71. The van der Waals surface area contributed by atoms with Gasteiger partial charge in [0.25, 0.3) is 0 Å². The number of fused-ring (bicyclic) bond motifs is 2. The van der Waals surface area contributed by atoms with E-state index in [0.29, 0.717) is 0 Å². The molecule has 1 saturated carbocycles. The fraction of sp³-hybridized carbons (Fsp3) is 0.778. The van der Waals surface area contributed by atoms with Crippen LogP contribution in [0.15, 0.2) is 12.2 Å². The van der Waals surface area contributed by atoms with Crippen LogP contribution in [0.3, 0.4) is 0 Å². The van der Waals surface area contributed by atoms with Gasteiger partial charge in [0.2, 0.25) is 0 Å². The Morgan fingerprint density at radius 2 is 2.10 bits per heavy atom. The van der Waals surface area contributed by atoms with Crippen LogP contribution in [0.1, 0.15) is 13.3 Å². The van der Waals surface area contributed by atoms with E-state index in [1.807, 2.05) is 0 Å². The van der Waals surface area contributed by atoms with Gasteiger partial charge in [-0.05, 0) is 36.6 Å². The molecule has 0 amide bonds. The summed E-state index contributed by atoms with van der Waals surface area (Å²) in [5.41, 5.74) is 5.68. The van der Waals surface area contributed by atoms with Crippen molar-refractivity contribution in [1.29, 1.82) is 0 Å². The van der Waals surface area contributed by atoms with Crippen LogP contribution in [0.5, 0.6) is 0 Å². The summed E-state index contributed by atoms with van der Waals surface area (Å²) in [6.07, 6.45) is 6.12. The summed E-state index contributed by atoms with van der Waals surface area (Å²) in [5.74, 6) is 3.32. The molecule has 1 heteroatoms. The van der Waals surface area contributed by atoms with Crippen molar-refractivity contribution in [2.75, 3.05) is 6.54 Å². The van der Waals surface area contributed by atoms with E-state index in [9.17, 15) is 0 Å². The smallest absolute Gasteiger partial charge is 0.00405 e. The second-order valence-corrected chi connectivity index (χ2v) is 3.71. The number of nitrogens with two attached hydrogens (primary N) is 1. The van der Waals surface area contributed by atoms with Crippen molar-refractivity contribution in [2.45, 2.75) is 13.3 Å². The summed E-state index contributed by atoms with van der Waals surface area (Å²) in [7, 11) is 0. The summed E-state index contributed by atoms with van der Waals surface area (Å²) in [5, 5.41) is 0. The molecule has 0 aromatic carbocycles. The molecule has 0 aromatic heterocycles. The zero-order valence-corrected chi connectivity index (χ0v) is 6.46. The monoisotopic (exact) mass is 137 g/mol. The predicted molar refractivity (Wildman–Crippen MR) is 42.4 cm³/mol. The van der Waals surface area contributed by atoms with E-state index in [4.69, 9.17) is 5.73 Å². The molecule has 2 bridgehead atoms. The summed E-state index contributed by atoms with van der Waals surface area (Å²) < 4.78 is 0. The molecule has 0 heterocycles. The first-order valence-corrected chi connectivity index (χ1v) is 4.21. The normalized spacial score (nSPS) is 50.6. The minimum Gasteiger partial charge on any atom is -0.330 e. The Balaban J connectivity index is 2.18.